The summed E-state index contributed by atoms with van der Waals surface area (Å²) in [7, 11) is 0. The van der Waals surface area contributed by atoms with Crippen LogP contribution >= 0.6 is 23.8 Å². The summed E-state index contributed by atoms with van der Waals surface area (Å²) in [5, 5.41) is 14.9. The number of nitrogens with zero attached hydrogens (tertiary/aromatic N) is 1. The molecular formula is C18H17ClN4S. The van der Waals surface area contributed by atoms with Crippen molar-refractivity contribution < 1.29 is 0 Å². The molecule has 2 aromatic carbocycles. The van der Waals surface area contributed by atoms with Crippen molar-refractivity contribution in [3.63, 3.8) is 0 Å². The third-order valence-corrected chi connectivity index (χ3v) is 4.11. The zero-order valence-corrected chi connectivity index (χ0v) is 14.7. The number of nitrogens with one attached hydrogen (secondary N) is 3. The molecule has 3 aromatic rings. The summed E-state index contributed by atoms with van der Waals surface area (Å²) in [4.78, 5) is 0. The molecule has 1 aromatic heterocycles. The number of aromatic amines is 1. The first-order valence-corrected chi connectivity index (χ1v) is 8.32. The molecule has 0 fully saturated rings. The molecular weight excluding hydrogens is 340 g/mol. The quantitative estimate of drug-likeness (QED) is 0.601. The second kappa shape index (κ2) is 7.47. The highest BCUT2D eigenvalue weighted by Gasteiger charge is 2.13. The number of hydrogen-bond acceptors (Lipinski definition) is 2. The Kier molecular flexibility index (Phi) is 5.13. The number of H-pyrrole nitrogens is 1. The van der Waals surface area contributed by atoms with E-state index in [1.165, 1.54) is 0 Å². The average molecular weight is 357 g/mol. The molecule has 0 spiro atoms. The van der Waals surface area contributed by atoms with Crippen molar-refractivity contribution in [2.24, 2.45) is 0 Å². The molecule has 3 N–H and O–H groups in total. The minimum Gasteiger partial charge on any atom is -0.358 e. The lowest BCUT2D eigenvalue weighted by atomic mass is 10.1. The van der Waals surface area contributed by atoms with E-state index < -0.39 is 0 Å². The number of aryl methyl sites for hydroxylation is 1. The summed E-state index contributed by atoms with van der Waals surface area (Å²) in [5.74, 6) is 0.695. The molecule has 4 nitrogen and oxygen atoms in total. The van der Waals surface area contributed by atoms with Crippen LogP contribution in [0.3, 0.4) is 0 Å². The van der Waals surface area contributed by atoms with Gasteiger partial charge in [0.2, 0.25) is 0 Å². The largest absolute Gasteiger partial charge is 0.358 e. The summed E-state index contributed by atoms with van der Waals surface area (Å²) >= 11 is 11.3. The summed E-state index contributed by atoms with van der Waals surface area (Å²) in [6, 6.07) is 17.7. The van der Waals surface area contributed by atoms with Crippen LogP contribution in [0.2, 0.25) is 5.02 Å². The Balaban J connectivity index is 1.71. The summed E-state index contributed by atoms with van der Waals surface area (Å²) < 4.78 is 0. The molecule has 0 atom stereocenters. The third-order valence-electron chi connectivity index (χ3n) is 3.61. The molecule has 0 unspecified atom stereocenters. The van der Waals surface area contributed by atoms with Gasteiger partial charge in [0.1, 0.15) is 0 Å². The first kappa shape index (κ1) is 16.5. The Morgan fingerprint density at radius 1 is 1.12 bits per heavy atom. The zero-order chi connectivity index (χ0) is 16.9. The van der Waals surface area contributed by atoms with Crippen molar-refractivity contribution >= 4 is 34.7 Å². The van der Waals surface area contributed by atoms with Crippen LogP contribution < -0.4 is 10.6 Å². The number of aromatic nitrogens is 2. The van der Waals surface area contributed by atoms with E-state index in [1.807, 2.05) is 61.5 Å². The molecule has 0 aliphatic heterocycles. The smallest absolute Gasteiger partial charge is 0.172 e. The molecule has 0 saturated carbocycles. The number of thiocarbonyl (C=S) groups is 1. The Bertz CT molecular complexity index is 828. The monoisotopic (exact) mass is 356 g/mol. The molecule has 6 heteroatoms. The maximum absolute atomic E-state index is 5.97. The van der Waals surface area contributed by atoms with Crippen LogP contribution in [-0.2, 0) is 6.54 Å². The van der Waals surface area contributed by atoms with Crippen molar-refractivity contribution in [3.05, 3.63) is 70.9 Å². The van der Waals surface area contributed by atoms with Crippen molar-refractivity contribution in [2.45, 2.75) is 13.5 Å². The van der Waals surface area contributed by atoms with Crippen molar-refractivity contribution in [3.8, 4) is 11.1 Å². The molecule has 24 heavy (non-hydrogen) atoms. The van der Waals surface area contributed by atoms with E-state index in [4.69, 9.17) is 23.8 Å². The van der Waals surface area contributed by atoms with Gasteiger partial charge in [0, 0.05) is 22.8 Å². The lowest BCUT2D eigenvalue weighted by Crippen LogP contribution is -2.28. The van der Waals surface area contributed by atoms with Crippen LogP contribution in [0.5, 0.6) is 0 Å². The van der Waals surface area contributed by atoms with E-state index in [0.717, 1.165) is 22.4 Å². The van der Waals surface area contributed by atoms with Gasteiger partial charge in [-0.25, -0.2) is 0 Å². The second-order valence-electron chi connectivity index (χ2n) is 5.37. The van der Waals surface area contributed by atoms with E-state index in [-0.39, 0.29) is 0 Å². The maximum Gasteiger partial charge on any atom is 0.172 e. The third kappa shape index (κ3) is 3.93. The molecule has 0 bridgehead atoms. The van der Waals surface area contributed by atoms with Gasteiger partial charge in [-0.05, 0) is 42.4 Å². The number of rotatable bonds is 4. The number of hydrogen-bond donors (Lipinski definition) is 3. The summed E-state index contributed by atoms with van der Waals surface area (Å²) in [6.07, 6.45) is 0. The van der Waals surface area contributed by atoms with Gasteiger partial charge in [-0.1, -0.05) is 54.1 Å². The fraction of sp³-hybridized carbons (Fsp3) is 0.111. The predicted molar refractivity (Wildman–Crippen MR) is 103 cm³/mol. The lowest BCUT2D eigenvalue weighted by molar-refractivity contribution is 0.924. The Morgan fingerprint density at radius 2 is 1.83 bits per heavy atom. The van der Waals surface area contributed by atoms with Gasteiger partial charge in [0.15, 0.2) is 10.9 Å². The molecule has 0 aliphatic rings. The van der Waals surface area contributed by atoms with E-state index in [2.05, 4.69) is 20.8 Å². The van der Waals surface area contributed by atoms with Crippen molar-refractivity contribution in [1.29, 1.82) is 0 Å². The summed E-state index contributed by atoms with van der Waals surface area (Å²) in [5.41, 5.74) is 4.14. The zero-order valence-electron chi connectivity index (χ0n) is 13.1. The number of benzene rings is 2. The lowest BCUT2D eigenvalue weighted by Gasteiger charge is -2.11. The van der Waals surface area contributed by atoms with E-state index in [9.17, 15) is 0 Å². The van der Waals surface area contributed by atoms with Crippen LogP contribution in [0.4, 0.5) is 5.82 Å². The SMILES string of the molecule is Cc1[nH]nc(NC(=S)NCc2ccccc2)c1-c1ccc(Cl)cc1. The van der Waals surface area contributed by atoms with Crippen molar-refractivity contribution in [2.75, 3.05) is 5.32 Å². The standard InChI is InChI=1S/C18H17ClN4S/c1-12-16(14-7-9-15(19)10-8-14)17(23-22-12)21-18(24)20-11-13-5-3-2-4-6-13/h2-10H,11H2,1H3,(H3,20,21,22,23,24). The van der Waals surface area contributed by atoms with Gasteiger partial charge < -0.3 is 10.6 Å². The van der Waals surface area contributed by atoms with Crippen LogP contribution in [0.15, 0.2) is 54.6 Å². The average Bonchev–Trinajstić information content (AvgIpc) is 2.95. The molecule has 0 saturated heterocycles. The first-order valence-electron chi connectivity index (χ1n) is 7.53. The molecule has 0 radical (unpaired) electrons. The van der Waals surface area contributed by atoms with E-state index >= 15 is 0 Å². The van der Waals surface area contributed by atoms with Crippen LogP contribution in [-0.4, -0.2) is 15.3 Å². The number of anilines is 1. The number of halogens is 1. The van der Waals surface area contributed by atoms with Gasteiger partial charge in [0.05, 0.1) is 0 Å². The predicted octanol–water partition coefficient (Wildman–Crippen LogP) is 4.53. The molecule has 1 heterocycles. The minimum atomic E-state index is 0.528. The van der Waals surface area contributed by atoms with Gasteiger partial charge in [-0.3, -0.25) is 5.10 Å². The van der Waals surface area contributed by atoms with Crippen LogP contribution in [0.25, 0.3) is 11.1 Å². The molecule has 122 valence electrons. The Morgan fingerprint density at radius 3 is 2.54 bits per heavy atom. The van der Waals surface area contributed by atoms with Gasteiger partial charge in [-0.15, -0.1) is 0 Å². The Hall–Kier alpha value is -2.37. The van der Waals surface area contributed by atoms with Gasteiger partial charge in [0.25, 0.3) is 0 Å². The molecule has 0 amide bonds. The second-order valence-corrected chi connectivity index (χ2v) is 6.22. The van der Waals surface area contributed by atoms with E-state index in [0.29, 0.717) is 22.5 Å². The fourth-order valence-electron chi connectivity index (χ4n) is 2.42. The molecule has 3 rings (SSSR count). The van der Waals surface area contributed by atoms with Gasteiger partial charge >= 0.3 is 0 Å². The maximum atomic E-state index is 5.97. The fourth-order valence-corrected chi connectivity index (χ4v) is 2.71. The minimum absolute atomic E-state index is 0.528. The van der Waals surface area contributed by atoms with Gasteiger partial charge in [-0.2, -0.15) is 5.10 Å². The Labute approximate surface area is 151 Å². The van der Waals surface area contributed by atoms with Crippen molar-refractivity contribution in [1.82, 2.24) is 15.5 Å². The van der Waals surface area contributed by atoms with Crippen LogP contribution in [0, 0.1) is 6.92 Å². The highest BCUT2D eigenvalue weighted by atomic mass is 35.5. The molecule has 0 aliphatic carbocycles. The normalized spacial score (nSPS) is 10.4. The topological polar surface area (TPSA) is 52.7 Å². The first-order chi connectivity index (χ1) is 11.6. The summed E-state index contributed by atoms with van der Waals surface area (Å²) in [6.45, 7) is 2.63. The highest BCUT2D eigenvalue weighted by molar-refractivity contribution is 7.80. The highest BCUT2D eigenvalue weighted by Crippen LogP contribution is 2.30. The van der Waals surface area contributed by atoms with Crippen LogP contribution in [0.1, 0.15) is 11.3 Å². The van der Waals surface area contributed by atoms with E-state index in [1.54, 1.807) is 0 Å².